The lowest BCUT2D eigenvalue weighted by Gasteiger charge is -2.03. The molecule has 0 aliphatic carbocycles. The molecule has 0 saturated carbocycles. The topological polar surface area (TPSA) is 17.1 Å². The van der Waals surface area contributed by atoms with Gasteiger partial charge in [0.05, 0.1) is 0 Å². The fourth-order valence-electron chi connectivity index (χ4n) is 1.30. The zero-order valence-corrected chi connectivity index (χ0v) is 9.00. The molecule has 1 heteroatoms. The Kier molecular flexibility index (Phi) is 3.63. The van der Waals surface area contributed by atoms with Crippen molar-refractivity contribution in [3.05, 3.63) is 46.5 Å². The fourth-order valence-corrected chi connectivity index (χ4v) is 1.30. The Labute approximate surface area is 85.5 Å². The minimum absolute atomic E-state index is 0.757. The summed E-state index contributed by atoms with van der Waals surface area (Å²) in [6.45, 7) is 6.24. The van der Waals surface area contributed by atoms with Crippen LogP contribution in [-0.4, -0.2) is 6.29 Å². The van der Waals surface area contributed by atoms with Crippen molar-refractivity contribution in [2.24, 2.45) is 0 Å². The van der Waals surface area contributed by atoms with Gasteiger partial charge in [-0.05, 0) is 44.4 Å². The summed E-state index contributed by atoms with van der Waals surface area (Å²) in [6.07, 6.45) is 3.98. The molecule has 0 aliphatic rings. The molecular weight excluding hydrogens is 172 g/mol. The Morgan fingerprint density at radius 2 is 2.07 bits per heavy atom. The summed E-state index contributed by atoms with van der Waals surface area (Å²) in [5.74, 6) is 0. The van der Waals surface area contributed by atoms with Gasteiger partial charge in [-0.25, -0.2) is 0 Å². The minimum Gasteiger partial charge on any atom is -0.298 e. The monoisotopic (exact) mass is 188 g/mol. The highest BCUT2D eigenvalue weighted by Gasteiger charge is 1.98. The van der Waals surface area contributed by atoms with Crippen molar-refractivity contribution in [2.75, 3.05) is 0 Å². The summed E-state index contributed by atoms with van der Waals surface area (Å²) in [5, 5.41) is 0. The first kappa shape index (κ1) is 10.7. The van der Waals surface area contributed by atoms with Gasteiger partial charge >= 0.3 is 0 Å². The number of carbonyl (C=O) groups excluding carboxylic acids is 1. The van der Waals surface area contributed by atoms with Crippen LogP contribution in [0.4, 0.5) is 0 Å². The number of rotatable bonds is 3. The third-order valence-corrected chi connectivity index (χ3v) is 2.24. The zero-order valence-electron chi connectivity index (χ0n) is 9.00. The Morgan fingerprint density at radius 3 is 2.64 bits per heavy atom. The molecule has 1 aromatic rings. The molecule has 0 radical (unpaired) electrons. The van der Waals surface area contributed by atoms with Crippen LogP contribution in [0, 0.1) is 6.92 Å². The maximum absolute atomic E-state index is 10.6. The van der Waals surface area contributed by atoms with E-state index >= 15 is 0 Å². The maximum atomic E-state index is 10.6. The molecule has 0 atom stereocenters. The smallest absolute Gasteiger partial charge is 0.150 e. The molecule has 0 N–H and O–H groups in total. The molecule has 1 aromatic carbocycles. The highest BCUT2D eigenvalue weighted by atomic mass is 16.1. The summed E-state index contributed by atoms with van der Waals surface area (Å²) in [5.41, 5.74) is 4.54. The quantitative estimate of drug-likeness (QED) is 0.525. The van der Waals surface area contributed by atoms with E-state index in [1.54, 1.807) is 0 Å². The van der Waals surface area contributed by atoms with Crippen molar-refractivity contribution >= 4 is 6.29 Å². The van der Waals surface area contributed by atoms with Crippen LogP contribution in [0.2, 0.25) is 0 Å². The van der Waals surface area contributed by atoms with E-state index < -0.39 is 0 Å². The van der Waals surface area contributed by atoms with Crippen LogP contribution in [-0.2, 0) is 6.42 Å². The van der Waals surface area contributed by atoms with Crippen molar-refractivity contribution in [1.29, 1.82) is 0 Å². The van der Waals surface area contributed by atoms with Gasteiger partial charge in [0.2, 0.25) is 0 Å². The Hall–Kier alpha value is -1.37. The molecule has 1 rings (SSSR count). The summed E-state index contributed by atoms with van der Waals surface area (Å²) >= 11 is 0. The molecule has 0 bridgehead atoms. The fraction of sp³-hybridized carbons (Fsp3) is 0.308. The third-order valence-electron chi connectivity index (χ3n) is 2.24. The Morgan fingerprint density at radius 1 is 1.36 bits per heavy atom. The lowest BCUT2D eigenvalue weighted by Crippen LogP contribution is -1.90. The number of carbonyl (C=O) groups is 1. The van der Waals surface area contributed by atoms with Gasteiger partial charge in [-0.1, -0.05) is 23.8 Å². The Balaban J connectivity index is 2.95. The molecule has 0 aliphatic heterocycles. The van der Waals surface area contributed by atoms with Crippen molar-refractivity contribution in [3.63, 3.8) is 0 Å². The average Bonchev–Trinajstić information content (AvgIpc) is 2.16. The molecular formula is C13H16O. The normalized spacial score (nSPS) is 9.64. The number of allylic oxidation sites excluding steroid dienone is 2. The number of benzene rings is 1. The first-order valence-corrected chi connectivity index (χ1v) is 4.81. The zero-order chi connectivity index (χ0) is 10.6. The number of aldehydes is 1. The van der Waals surface area contributed by atoms with Crippen molar-refractivity contribution in [1.82, 2.24) is 0 Å². The van der Waals surface area contributed by atoms with E-state index in [1.807, 2.05) is 18.2 Å². The van der Waals surface area contributed by atoms with Crippen LogP contribution in [0.3, 0.4) is 0 Å². The summed E-state index contributed by atoms with van der Waals surface area (Å²) in [7, 11) is 0. The molecule has 14 heavy (non-hydrogen) atoms. The summed E-state index contributed by atoms with van der Waals surface area (Å²) in [6, 6.07) is 5.81. The van der Waals surface area contributed by atoms with Crippen LogP contribution in [0.15, 0.2) is 29.8 Å². The molecule has 0 heterocycles. The molecule has 1 nitrogen and oxygen atoms in total. The first-order chi connectivity index (χ1) is 6.63. The molecule has 0 aromatic heterocycles. The predicted molar refractivity (Wildman–Crippen MR) is 59.7 cm³/mol. The summed E-state index contributed by atoms with van der Waals surface area (Å²) < 4.78 is 0. The van der Waals surface area contributed by atoms with Crippen LogP contribution in [0.1, 0.15) is 35.3 Å². The van der Waals surface area contributed by atoms with E-state index in [4.69, 9.17) is 0 Å². The SMILES string of the molecule is CC(C)=CCc1cc(C=O)ccc1C. The molecule has 0 spiro atoms. The average molecular weight is 188 g/mol. The molecule has 74 valence electrons. The van der Waals surface area contributed by atoms with Gasteiger partial charge in [0.15, 0.2) is 0 Å². The molecule has 0 fully saturated rings. The number of aryl methyl sites for hydroxylation is 1. The molecule has 0 unspecified atom stereocenters. The second-order valence-corrected chi connectivity index (χ2v) is 3.79. The highest BCUT2D eigenvalue weighted by molar-refractivity contribution is 5.75. The standard InChI is InChI=1S/C13H16O/c1-10(2)4-7-13-8-12(9-14)6-5-11(13)3/h4-6,8-9H,7H2,1-3H3. The molecule has 0 amide bonds. The van der Waals surface area contributed by atoms with Gasteiger partial charge in [0.1, 0.15) is 6.29 Å². The minimum atomic E-state index is 0.757. The lowest BCUT2D eigenvalue weighted by atomic mass is 10.0. The van der Waals surface area contributed by atoms with Gasteiger partial charge in [0.25, 0.3) is 0 Å². The van der Waals surface area contributed by atoms with Crippen LogP contribution in [0.25, 0.3) is 0 Å². The van der Waals surface area contributed by atoms with Gasteiger partial charge < -0.3 is 0 Å². The van der Waals surface area contributed by atoms with E-state index in [0.29, 0.717) is 0 Å². The van der Waals surface area contributed by atoms with Crippen LogP contribution in [0.5, 0.6) is 0 Å². The van der Waals surface area contributed by atoms with E-state index in [9.17, 15) is 4.79 Å². The van der Waals surface area contributed by atoms with E-state index in [1.165, 1.54) is 16.7 Å². The second kappa shape index (κ2) is 4.75. The van der Waals surface area contributed by atoms with E-state index in [0.717, 1.165) is 18.3 Å². The predicted octanol–water partition coefficient (Wildman–Crippen LogP) is 3.32. The van der Waals surface area contributed by atoms with Crippen molar-refractivity contribution in [3.8, 4) is 0 Å². The lowest BCUT2D eigenvalue weighted by molar-refractivity contribution is 0.112. The van der Waals surface area contributed by atoms with Gasteiger partial charge in [-0.2, -0.15) is 0 Å². The third kappa shape index (κ3) is 2.84. The van der Waals surface area contributed by atoms with Crippen LogP contribution >= 0.6 is 0 Å². The van der Waals surface area contributed by atoms with Gasteiger partial charge in [0, 0.05) is 5.56 Å². The second-order valence-electron chi connectivity index (χ2n) is 3.79. The van der Waals surface area contributed by atoms with Crippen LogP contribution < -0.4 is 0 Å². The number of hydrogen-bond acceptors (Lipinski definition) is 1. The van der Waals surface area contributed by atoms with Crippen molar-refractivity contribution < 1.29 is 4.79 Å². The largest absolute Gasteiger partial charge is 0.298 e. The number of hydrogen-bond donors (Lipinski definition) is 0. The van der Waals surface area contributed by atoms with Gasteiger partial charge in [-0.3, -0.25) is 4.79 Å². The maximum Gasteiger partial charge on any atom is 0.150 e. The van der Waals surface area contributed by atoms with E-state index in [-0.39, 0.29) is 0 Å². The molecule has 0 saturated heterocycles. The van der Waals surface area contributed by atoms with Gasteiger partial charge in [-0.15, -0.1) is 0 Å². The highest BCUT2D eigenvalue weighted by Crippen LogP contribution is 2.12. The first-order valence-electron chi connectivity index (χ1n) is 4.81. The summed E-state index contributed by atoms with van der Waals surface area (Å²) in [4.78, 5) is 10.6. The Bertz CT molecular complexity index is 357. The van der Waals surface area contributed by atoms with Crippen molar-refractivity contribution in [2.45, 2.75) is 27.2 Å². The van der Waals surface area contributed by atoms with E-state index in [2.05, 4.69) is 26.8 Å².